The van der Waals surface area contributed by atoms with Crippen LogP contribution in [0.3, 0.4) is 0 Å². The molecule has 1 aromatic heterocycles. The Morgan fingerprint density at radius 1 is 1.22 bits per heavy atom. The van der Waals surface area contributed by atoms with E-state index in [1.165, 1.54) is 4.90 Å². The van der Waals surface area contributed by atoms with Gasteiger partial charge in [0.25, 0.3) is 5.95 Å². The highest BCUT2D eigenvalue weighted by atomic mass is 19.2. The molecule has 1 saturated carbocycles. The Hall–Kier alpha value is -1.30. The van der Waals surface area contributed by atoms with Gasteiger partial charge in [0.1, 0.15) is 0 Å². The molecule has 0 amide bonds. The average molecular weight is 260 g/mol. The fourth-order valence-electron chi connectivity index (χ4n) is 2.42. The number of aromatic nitrogens is 1. The van der Waals surface area contributed by atoms with Crippen LogP contribution in [0.1, 0.15) is 25.7 Å². The molecule has 3 nitrogen and oxygen atoms in total. The molecule has 1 aromatic rings. The zero-order chi connectivity index (χ0) is 13.1. The van der Waals surface area contributed by atoms with E-state index < -0.39 is 17.6 Å². The molecular formula is C12H15F3N2O. The van der Waals surface area contributed by atoms with E-state index in [4.69, 9.17) is 5.11 Å². The van der Waals surface area contributed by atoms with Gasteiger partial charge in [-0.2, -0.15) is 9.37 Å². The number of halogens is 3. The van der Waals surface area contributed by atoms with Gasteiger partial charge < -0.3 is 10.0 Å². The van der Waals surface area contributed by atoms with Crippen molar-refractivity contribution < 1.29 is 18.3 Å². The number of anilines is 1. The molecule has 0 bridgehead atoms. The molecule has 100 valence electrons. The van der Waals surface area contributed by atoms with Crippen molar-refractivity contribution in [3.63, 3.8) is 0 Å². The number of aliphatic hydroxyl groups is 1. The highest BCUT2D eigenvalue weighted by molar-refractivity contribution is 5.41. The zero-order valence-electron chi connectivity index (χ0n) is 9.87. The van der Waals surface area contributed by atoms with Crippen molar-refractivity contribution in [2.45, 2.75) is 31.7 Å². The Balaban J connectivity index is 2.32. The van der Waals surface area contributed by atoms with Gasteiger partial charge in [0.05, 0.1) is 6.61 Å². The van der Waals surface area contributed by atoms with Crippen LogP contribution in [0.5, 0.6) is 0 Å². The molecule has 0 atom stereocenters. The van der Waals surface area contributed by atoms with Crippen LogP contribution in [-0.4, -0.2) is 29.3 Å². The molecule has 1 aliphatic rings. The van der Waals surface area contributed by atoms with Gasteiger partial charge in [-0.1, -0.05) is 12.8 Å². The van der Waals surface area contributed by atoms with Gasteiger partial charge in [-0.3, -0.25) is 0 Å². The quantitative estimate of drug-likeness (QED) is 0.843. The summed E-state index contributed by atoms with van der Waals surface area (Å²) >= 11 is 0. The van der Waals surface area contributed by atoms with Crippen molar-refractivity contribution in [3.05, 3.63) is 23.6 Å². The lowest BCUT2D eigenvalue weighted by Gasteiger charge is -2.29. The summed E-state index contributed by atoms with van der Waals surface area (Å²) in [4.78, 5) is 4.87. The summed E-state index contributed by atoms with van der Waals surface area (Å²) in [5.74, 6) is -3.72. The van der Waals surface area contributed by atoms with Crippen LogP contribution in [0.25, 0.3) is 0 Å². The maximum absolute atomic E-state index is 13.7. The molecule has 1 heterocycles. The predicted molar refractivity (Wildman–Crippen MR) is 60.8 cm³/mol. The van der Waals surface area contributed by atoms with Crippen molar-refractivity contribution in [2.75, 3.05) is 18.1 Å². The molecule has 0 saturated heterocycles. The number of hydrogen-bond donors (Lipinski definition) is 1. The molecule has 0 spiro atoms. The topological polar surface area (TPSA) is 36.4 Å². The Labute approximate surface area is 103 Å². The van der Waals surface area contributed by atoms with E-state index >= 15 is 0 Å². The summed E-state index contributed by atoms with van der Waals surface area (Å²) < 4.78 is 39.6. The second kappa shape index (κ2) is 5.56. The van der Waals surface area contributed by atoms with E-state index in [9.17, 15) is 13.2 Å². The maximum atomic E-state index is 13.7. The highest BCUT2D eigenvalue weighted by Gasteiger charge is 2.26. The molecule has 0 unspecified atom stereocenters. The van der Waals surface area contributed by atoms with Crippen LogP contribution in [0.15, 0.2) is 6.07 Å². The fraction of sp³-hybridized carbons (Fsp3) is 0.583. The molecular weight excluding hydrogens is 245 g/mol. The summed E-state index contributed by atoms with van der Waals surface area (Å²) in [5, 5.41) is 9.01. The Kier molecular flexibility index (Phi) is 4.06. The van der Waals surface area contributed by atoms with Crippen molar-refractivity contribution in [2.24, 2.45) is 0 Å². The Morgan fingerprint density at radius 3 is 2.50 bits per heavy atom. The van der Waals surface area contributed by atoms with Crippen molar-refractivity contribution in [1.82, 2.24) is 4.98 Å². The second-order valence-corrected chi connectivity index (χ2v) is 4.42. The van der Waals surface area contributed by atoms with E-state index in [-0.39, 0.29) is 25.0 Å². The smallest absolute Gasteiger partial charge is 0.251 e. The van der Waals surface area contributed by atoms with Crippen LogP contribution in [0.2, 0.25) is 0 Å². The van der Waals surface area contributed by atoms with Crippen LogP contribution in [0.4, 0.5) is 19.0 Å². The first-order valence-corrected chi connectivity index (χ1v) is 6.02. The number of pyridine rings is 1. The van der Waals surface area contributed by atoms with Crippen LogP contribution in [-0.2, 0) is 0 Å². The molecule has 2 rings (SSSR count). The summed E-state index contributed by atoms with van der Waals surface area (Å²) in [7, 11) is 0. The van der Waals surface area contributed by atoms with E-state index in [0.29, 0.717) is 6.07 Å². The fourth-order valence-corrected chi connectivity index (χ4v) is 2.42. The van der Waals surface area contributed by atoms with Gasteiger partial charge in [-0.15, -0.1) is 0 Å². The zero-order valence-corrected chi connectivity index (χ0v) is 9.87. The average Bonchev–Trinajstić information content (AvgIpc) is 2.85. The summed E-state index contributed by atoms with van der Waals surface area (Å²) in [6.07, 6.45) is 3.72. The third-order valence-corrected chi connectivity index (χ3v) is 3.25. The molecule has 0 aliphatic heterocycles. The van der Waals surface area contributed by atoms with Gasteiger partial charge in [0.15, 0.2) is 17.5 Å². The molecule has 1 aliphatic carbocycles. The van der Waals surface area contributed by atoms with Crippen LogP contribution >= 0.6 is 0 Å². The molecule has 1 fully saturated rings. The Bertz CT molecular complexity index is 422. The standard InChI is InChI=1S/C12H15F3N2O/c13-9-7-10(14)12(16-11(9)15)17(5-6-18)8-3-1-2-4-8/h7-8,18H,1-6H2. The first-order valence-electron chi connectivity index (χ1n) is 6.02. The van der Waals surface area contributed by atoms with Gasteiger partial charge in [0.2, 0.25) is 0 Å². The number of rotatable bonds is 4. The Morgan fingerprint density at radius 2 is 1.89 bits per heavy atom. The normalized spacial score (nSPS) is 16.2. The predicted octanol–water partition coefficient (Wildman–Crippen LogP) is 2.24. The van der Waals surface area contributed by atoms with Crippen LogP contribution < -0.4 is 4.90 Å². The number of hydrogen-bond acceptors (Lipinski definition) is 3. The minimum atomic E-state index is -1.31. The first-order chi connectivity index (χ1) is 8.63. The number of aliphatic hydroxyl groups excluding tert-OH is 1. The third-order valence-electron chi connectivity index (χ3n) is 3.25. The third kappa shape index (κ3) is 2.58. The molecule has 0 radical (unpaired) electrons. The van der Waals surface area contributed by atoms with Gasteiger partial charge in [-0.25, -0.2) is 8.78 Å². The highest BCUT2D eigenvalue weighted by Crippen LogP contribution is 2.29. The minimum Gasteiger partial charge on any atom is -0.395 e. The second-order valence-electron chi connectivity index (χ2n) is 4.42. The van der Waals surface area contributed by atoms with E-state index in [0.717, 1.165) is 25.7 Å². The first kappa shape index (κ1) is 13.1. The largest absolute Gasteiger partial charge is 0.395 e. The molecule has 1 N–H and O–H groups in total. The van der Waals surface area contributed by atoms with Crippen LogP contribution in [0, 0.1) is 17.6 Å². The van der Waals surface area contributed by atoms with Gasteiger partial charge in [0, 0.05) is 18.7 Å². The van der Waals surface area contributed by atoms with Gasteiger partial charge in [-0.05, 0) is 12.8 Å². The lowest BCUT2D eigenvalue weighted by Crippen LogP contribution is -2.37. The van der Waals surface area contributed by atoms with Crippen molar-refractivity contribution in [1.29, 1.82) is 0 Å². The van der Waals surface area contributed by atoms with Crippen molar-refractivity contribution in [3.8, 4) is 0 Å². The molecule has 0 aromatic carbocycles. The summed E-state index contributed by atoms with van der Waals surface area (Å²) in [6.45, 7) is -0.0176. The number of nitrogens with zero attached hydrogens (tertiary/aromatic N) is 2. The monoisotopic (exact) mass is 260 g/mol. The van der Waals surface area contributed by atoms with E-state index in [1.807, 2.05) is 0 Å². The summed E-state index contributed by atoms with van der Waals surface area (Å²) in [6, 6.07) is 0.529. The van der Waals surface area contributed by atoms with Gasteiger partial charge >= 0.3 is 0 Å². The lowest BCUT2D eigenvalue weighted by molar-refractivity contribution is 0.295. The maximum Gasteiger partial charge on any atom is 0.251 e. The SMILES string of the molecule is OCCN(c1nc(F)c(F)cc1F)C1CCCC1. The lowest BCUT2D eigenvalue weighted by atomic mass is 10.2. The summed E-state index contributed by atoms with van der Waals surface area (Å²) in [5.41, 5.74) is 0. The van der Waals surface area contributed by atoms with E-state index in [2.05, 4.69) is 4.98 Å². The molecule has 6 heteroatoms. The molecule has 18 heavy (non-hydrogen) atoms. The van der Waals surface area contributed by atoms with Crippen molar-refractivity contribution >= 4 is 5.82 Å². The minimum absolute atomic E-state index is 0.0315. The van der Waals surface area contributed by atoms with E-state index in [1.54, 1.807) is 0 Å².